The second-order valence-electron chi connectivity index (χ2n) is 6.75. The van der Waals surface area contributed by atoms with Gasteiger partial charge in [0.1, 0.15) is 5.82 Å². The first-order valence-corrected chi connectivity index (χ1v) is 10.1. The van der Waals surface area contributed by atoms with Crippen LogP contribution in [0, 0.1) is 5.82 Å². The summed E-state index contributed by atoms with van der Waals surface area (Å²) >= 11 is 7.52. The smallest absolute Gasteiger partial charge is 0.238 e. The van der Waals surface area contributed by atoms with Crippen LogP contribution in [0.25, 0.3) is 0 Å². The summed E-state index contributed by atoms with van der Waals surface area (Å²) < 4.78 is 14.2. The Morgan fingerprint density at radius 3 is 2.74 bits per heavy atom. The van der Waals surface area contributed by atoms with Gasteiger partial charge in [0.25, 0.3) is 0 Å². The summed E-state index contributed by atoms with van der Waals surface area (Å²) in [7, 11) is 0. The van der Waals surface area contributed by atoms with Crippen LogP contribution >= 0.6 is 23.4 Å². The van der Waals surface area contributed by atoms with E-state index in [0.717, 1.165) is 23.4 Å². The normalized spacial score (nSPS) is 18.6. The number of rotatable bonds is 5. The van der Waals surface area contributed by atoms with E-state index in [9.17, 15) is 14.0 Å². The van der Waals surface area contributed by atoms with Crippen molar-refractivity contribution >= 4 is 40.9 Å². The van der Waals surface area contributed by atoms with Crippen LogP contribution < -0.4 is 5.32 Å². The van der Waals surface area contributed by atoms with Crippen LogP contribution in [0.2, 0.25) is 5.02 Å². The van der Waals surface area contributed by atoms with Gasteiger partial charge >= 0.3 is 0 Å². The Bertz CT molecular complexity index is 883. The zero-order valence-electron chi connectivity index (χ0n) is 14.5. The van der Waals surface area contributed by atoms with Gasteiger partial charge in [0.2, 0.25) is 11.8 Å². The molecule has 1 aliphatic heterocycles. The van der Waals surface area contributed by atoms with Crippen LogP contribution in [0.5, 0.6) is 0 Å². The molecule has 4 nitrogen and oxygen atoms in total. The maximum atomic E-state index is 14.2. The van der Waals surface area contributed by atoms with Crippen molar-refractivity contribution in [1.29, 1.82) is 0 Å². The van der Waals surface area contributed by atoms with E-state index in [4.69, 9.17) is 11.6 Å². The number of halogens is 2. The molecule has 2 aromatic rings. The molecule has 2 amide bonds. The van der Waals surface area contributed by atoms with Crippen LogP contribution in [0.1, 0.15) is 24.8 Å². The first kappa shape index (κ1) is 18.3. The molecule has 1 saturated carbocycles. The molecular formula is C20H18ClFN2O2S. The van der Waals surface area contributed by atoms with Crippen LogP contribution in [0.3, 0.4) is 0 Å². The van der Waals surface area contributed by atoms with Gasteiger partial charge in [-0.3, -0.25) is 9.59 Å². The van der Waals surface area contributed by atoms with Gasteiger partial charge in [0.05, 0.1) is 17.5 Å². The third-order valence-corrected chi connectivity index (χ3v) is 6.39. The molecule has 0 radical (unpaired) electrons. The zero-order valence-corrected chi connectivity index (χ0v) is 16.0. The van der Waals surface area contributed by atoms with Crippen molar-refractivity contribution in [2.45, 2.75) is 42.0 Å². The minimum absolute atomic E-state index is 0.0768. The summed E-state index contributed by atoms with van der Waals surface area (Å²) in [6.45, 7) is 0.130. The Labute approximate surface area is 166 Å². The molecule has 0 aromatic heterocycles. The van der Waals surface area contributed by atoms with Crippen molar-refractivity contribution in [2.24, 2.45) is 0 Å². The Kier molecular flexibility index (Phi) is 5.10. The van der Waals surface area contributed by atoms with Crippen LogP contribution in [0.4, 0.5) is 10.1 Å². The predicted molar refractivity (Wildman–Crippen MR) is 104 cm³/mol. The van der Waals surface area contributed by atoms with Gasteiger partial charge in [-0.15, -0.1) is 11.8 Å². The fraction of sp³-hybridized carbons (Fsp3) is 0.300. The number of carbonyl (C=O) groups excluding carboxylic acids is 2. The van der Waals surface area contributed by atoms with Gasteiger partial charge in [0, 0.05) is 27.9 Å². The molecule has 2 aromatic carbocycles. The number of nitrogens with one attached hydrogen (secondary N) is 1. The van der Waals surface area contributed by atoms with Crippen molar-refractivity contribution in [3.63, 3.8) is 0 Å². The number of amides is 2. The molecule has 1 fully saturated rings. The Hall–Kier alpha value is -2.05. The van der Waals surface area contributed by atoms with E-state index in [0.29, 0.717) is 10.6 Å². The van der Waals surface area contributed by atoms with Gasteiger partial charge in [-0.25, -0.2) is 4.39 Å². The summed E-state index contributed by atoms with van der Waals surface area (Å²) in [6, 6.07) is 12.1. The van der Waals surface area contributed by atoms with Gasteiger partial charge in [-0.05, 0) is 37.1 Å². The molecule has 1 atom stereocenters. The number of hydrogen-bond donors (Lipinski definition) is 1. The van der Waals surface area contributed by atoms with Gasteiger partial charge < -0.3 is 10.2 Å². The first-order valence-electron chi connectivity index (χ1n) is 8.82. The molecule has 2 aliphatic rings. The van der Waals surface area contributed by atoms with Crippen molar-refractivity contribution in [3.05, 3.63) is 58.9 Å². The monoisotopic (exact) mass is 404 g/mol. The van der Waals surface area contributed by atoms with E-state index in [1.165, 1.54) is 17.8 Å². The van der Waals surface area contributed by atoms with Crippen LogP contribution in [0.15, 0.2) is 47.4 Å². The fourth-order valence-electron chi connectivity index (χ4n) is 3.16. The quantitative estimate of drug-likeness (QED) is 0.799. The molecule has 4 rings (SSSR count). The molecule has 1 N–H and O–H groups in total. The van der Waals surface area contributed by atoms with Crippen molar-refractivity contribution < 1.29 is 14.0 Å². The summed E-state index contributed by atoms with van der Waals surface area (Å²) in [4.78, 5) is 27.9. The lowest BCUT2D eigenvalue weighted by atomic mass is 10.1. The highest BCUT2D eigenvalue weighted by Crippen LogP contribution is 2.38. The molecule has 1 unspecified atom stereocenters. The third kappa shape index (κ3) is 3.96. The second-order valence-corrected chi connectivity index (χ2v) is 8.40. The number of para-hydroxylation sites is 1. The summed E-state index contributed by atoms with van der Waals surface area (Å²) in [5, 5.41) is 2.67. The standard InChI is InChI=1S/C20H18ClFN2O2S/c21-14-4-3-5-15(22)13(14)11-24(12-8-9-12)19(25)10-18-20(26)23-16-6-1-2-7-17(16)27-18/h1-7,12,18H,8-11H2,(H,23,26). The molecule has 140 valence electrons. The van der Waals surface area contributed by atoms with E-state index in [1.54, 1.807) is 17.0 Å². The average Bonchev–Trinajstić information content (AvgIpc) is 3.47. The van der Waals surface area contributed by atoms with E-state index in [-0.39, 0.29) is 30.8 Å². The lowest BCUT2D eigenvalue weighted by Crippen LogP contribution is -2.38. The maximum absolute atomic E-state index is 14.2. The third-order valence-electron chi connectivity index (χ3n) is 4.76. The minimum atomic E-state index is -0.496. The molecule has 27 heavy (non-hydrogen) atoms. The summed E-state index contributed by atoms with van der Waals surface area (Å²) in [6.07, 6.45) is 1.86. The van der Waals surface area contributed by atoms with E-state index in [2.05, 4.69) is 5.32 Å². The molecule has 1 aliphatic carbocycles. The number of carbonyl (C=O) groups is 2. The molecule has 1 heterocycles. The number of fused-ring (bicyclic) bond motifs is 1. The topological polar surface area (TPSA) is 49.4 Å². The van der Waals surface area contributed by atoms with Crippen LogP contribution in [-0.2, 0) is 16.1 Å². The SMILES string of the molecule is O=C1Nc2ccccc2SC1CC(=O)N(Cc1c(F)cccc1Cl)C1CC1. The van der Waals surface area contributed by atoms with Crippen molar-refractivity contribution in [1.82, 2.24) is 4.90 Å². The Morgan fingerprint density at radius 1 is 1.22 bits per heavy atom. The number of hydrogen-bond acceptors (Lipinski definition) is 3. The van der Waals surface area contributed by atoms with Gasteiger partial charge in [0.15, 0.2) is 0 Å². The summed E-state index contributed by atoms with van der Waals surface area (Å²) in [5.41, 5.74) is 1.10. The number of anilines is 1. The highest BCUT2D eigenvalue weighted by Gasteiger charge is 2.36. The average molecular weight is 405 g/mol. The number of thioether (sulfide) groups is 1. The van der Waals surface area contributed by atoms with Gasteiger partial charge in [-0.2, -0.15) is 0 Å². The van der Waals surface area contributed by atoms with Crippen LogP contribution in [-0.4, -0.2) is 28.0 Å². The molecule has 0 bridgehead atoms. The number of nitrogens with zero attached hydrogens (tertiary/aromatic N) is 1. The maximum Gasteiger partial charge on any atom is 0.238 e. The lowest BCUT2D eigenvalue weighted by molar-refractivity contribution is -0.133. The van der Waals surface area contributed by atoms with Crippen molar-refractivity contribution in [3.8, 4) is 0 Å². The number of benzene rings is 2. The minimum Gasteiger partial charge on any atom is -0.335 e. The fourth-order valence-corrected chi connectivity index (χ4v) is 4.49. The summed E-state index contributed by atoms with van der Waals surface area (Å²) in [5.74, 6) is -0.741. The largest absolute Gasteiger partial charge is 0.335 e. The Morgan fingerprint density at radius 2 is 2.00 bits per heavy atom. The molecule has 7 heteroatoms. The van der Waals surface area contributed by atoms with E-state index >= 15 is 0 Å². The van der Waals surface area contributed by atoms with Gasteiger partial charge in [-0.1, -0.05) is 29.8 Å². The highest BCUT2D eigenvalue weighted by molar-refractivity contribution is 8.01. The first-order chi connectivity index (χ1) is 13.0. The van der Waals surface area contributed by atoms with Crippen molar-refractivity contribution in [2.75, 3.05) is 5.32 Å². The zero-order chi connectivity index (χ0) is 19.0. The highest BCUT2D eigenvalue weighted by atomic mass is 35.5. The predicted octanol–water partition coefficient (Wildman–Crippen LogP) is 4.47. The molecular weight excluding hydrogens is 387 g/mol. The second kappa shape index (κ2) is 7.52. The Balaban J connectivity index is 1.50. The molecule has 0 saturated heterocycles. The molecule has 0 spiro atoms. The van der Waals surface area contributed by atoms with E-state index < -0.39 is 11.1 Å². The lowest BCUT2D eigenvalue weighted by Gasteiger charge is -2.28. The van der Waals surface area contributed by atoms with E-state index in [1.807, 2.05) is 24.3 Å².